The number of anilines is 2. The number of nitrogens with two attached hydrogens (primary N) is 1. The maximum absolute atomic E-state index is 5.70. The van der Waals surface area contributed by atoms with Gasteiger partial charge >= 0.3 is 0 Å². The van der Waals surface area contributed by atoms with Crippen LogP contribution in [0.25, 0.3) is 11.4 Å². The second kappa shape index (κ2) is 7.16. The largest absolute Gasteiger partial charge is 0.375 e. The van der Waals surface area contributed by atoms with Crippen molar-refractivity contribution < 1.29 is 0 Å². The monoisotopic (exact) mass is 352 g/mol. The van der Waals surface area contributed by atoms with Crippen LogP contribution in [0.1, 0.15) is 17.0 Å². The standard InChI is InChI=1S/C18H20N6S/c19-18-22-13(11-25-18)6-9-21-17-14-7-8-20-10-15(14)23-16(24-17)12-4-2-1-3-5-12/h1-5,11,20H,6-10H2,(H2,19,22)(H,21,23,24). The van der Waals surface area contributed by atoms with Crippen LogP contribution in [-0.2, 0) is 19.4 Å². The van der Waals surface area contributed by atoms with Crippen LogP contribution in [-0.4, -0.2) is 28.0 Å². The number of benzene rings is 1. The Morgan fingerprint density at radius 1 is 1.16 bits per heavy atom. The average molecular weight is 352 g/mol. The number of thiazole rings is 1. The molecule has 0 saturated carbocycles. The van der Waals surface area contributed by atoms with Gasteiger partial charge in [-0.25, -0.2) is 15.0 Å². The van der Waals surface area contributed by atoms with Crippen LogP contribution in [0.4, 0.5) is 10.9 Å². The fourth-order valence-electron chi connectivity index (χ4n) is 2.97. The first kappa shape index (κ1) is 16.0. The molecule has 7 heteroatoms. The van der Waals surface area contributed by atoms with Gasteiger partial charge in [-0.3, -0.25) is 0 Å². The van der Waals surface area contributed by atoms with Gasteiger partial charge in [0.25, 0.3) is 0 Å². The lowest BCUT2D eigenvalue weighted by molar-refractivity contribution is 0.625. The molecule has 0 radical (unpaired) electrons. The summed E-state index contributed by atoms with van der Waals surface area (Å²) >= 11 is 1.48. The Kier molecular flexibility index (Phi) is 4.58. The molecule has 0 bridgehead atoms. The summed E-state index contributed by atoms with van der Waals surface area (Å²) in [6.07, 6.45) is 1.77. The summed E-state index contributed by atoms with van der Waals surface area (Å²) in [6.45, 7) is 2.52. The van der Waals surface area contributed by atoms with E-state index in [-0.39, 0.29) is 0 Å². The third-order valence-corrected chi connectivity index (χ3v) is 4.93. The molecular formula is C18H20N6S. The average Bonchev–Trinajstić information content (AvgIpc) is 3.07. The van der Waals surface area contributed by atoms with Crippen molar-refractivity contribution in [2.75, 3.05) is 24.1 Å². The summed E-state index contributed by atoms with van der Waals surface area (Å²) in [4.78, 5) is 13.9. The molecule has 25 heavy (non-hydrogen) atoms. The number of hydrogen-bond acceptors (Lipinski definition) is 7. The summed E-state index contributed by atoms with van der Waals surface area (Å²) in [5, 5.41) is 9.50. The molecule has 2 aromatic heterocycles. The Morgan fingerprint density at radius 2 is 2.04 bits per heavy atom. The van der Waals surface area contributed by atoms with Crippen LogP contribution in [0.5, 0.6) is 0 Å². The van der Waals surface area contributed by atoms with Gasteiger partial charge in [-0.05, 0) is 13.0 Å². The summed E-state index contributed by atoms with van der Waals surface area (Å²) < 4.78 is 0. The van der Waals surface area contributed by atoms with E-state index < -0.39 is 0 Å². The van der Waals surface area contributed by atoms with Crippen LogP contribution in [0.3, 0.4) is 0 Å². The molecule has 3 aromatic rings. The second-order valence-electron chi connectivity index (χ2n) is 5.97. The van der Waals surface area contributed by atoms with Crippen LogP contribution in [0.2, 0.25) is 0 Å². The van der Waals surface area contributed by atoms with Crippen molar-refractivity contribution in [2.24, 2.45) is 0 Å². The zero-order valence-corrected chi connectivity index (χ0v) is 14.6. The van der Waals surface area contributed by atoms with Gasteiger partial charge in [0.05, 0.1) is 11.4 Å². The first-order chi connectivity index (χ1) is 12.3. The van der Waals surface area contributed by atoms with E-state index in [2.05, 4.69) is 15.6 Å². The van der Waals surface area contributed by atoms with E-state index in [0.29, 0.717) is 5.13 Å². The fraction of sp³-hybridized carbons (Fsp3) is 0.278. The van der Waals surface area contributed by atoms with Gasteiger partial charge in [-0.15, -0.1) is 11.3 Å². The van der Waals surface area contributed by atoms with E-state index >= 15 is 0 Å². The molecule has 1 aliphatic heterocycles. The quantitative estimate of drug-likeness (QED) is 0.654. The third-order valence-electron chi connectivity index (χ3n) is 4.21. The number of nitrogens with zero attached hydrogens (tertiary/aromatic N) is 3. The van der Waals surface area contributed by atoms with Gasteiger partial charge in [-0.2, -0.15) is 0 Å². The molecule has 6 nitrogen and oxygen atoms in total. The highest BCUT2D eigenvalue weighted by molar-refractivity contribution is 7.13. The Bertz CT molecular complexity index is 861. The number of rotatable bonds is 5. The fourth-order valence-corrected chi connectivity index (χ4v) is 3.57. The molecule has 0 atom stereocenters. The van der Waals surface area contributed by atoms with Crippen molar-refractivity contribution in [1.82, 2.24) is 20.3 Å². The normalized spacial score (nSPS) is 13.4. The molecule has 4 rings (SSSR count). The number of nitrogens with one attached hydrogen (secondary N) is 2. The van der Waals surface area contributed by atoms with E-state index in [1.54, 1.807) is 0 Å². The van der Waals surface area contributed by atoms with Gasteiger partial charge in [0.2, 0.25) is 0 Å². The lowest BCUT2D eigenvalue weighted by atomic mass is 10.1. The van der Waals surface area contributed by atoms with Crippen molar-refractivity contribution >= 4 is 22.3 Å². The maximum atomic E-state index is 5.70. The first-order valence-electron chi connectivity index (χ1n) is 8.39. The Balaban J connectivity index is 1.58. The predicted molar refractivity (Wildman–Crippen MR) is 102 cm³/mol. The second-order valence-corrected chi connectivity index (χ2v) is 6.86. The zero-order valence-electron chi connectivity index (χ0n) is 13.8. The lowest BCUT2D eigenvalue weighted by Crippen LogP contribution is -2.27. The molecule has 0 saturated heterocycles. The van der Waals surface area contributed by atoms with Crippen molar-refractivity contribution in [2.45, 2.75) is 19.4 Å². The number of aromatic nitrogens is 3. The van der Waals surface area contributed by atoms with E-state index in [4.69, 9.17) is 15.7 Å². The molecule has 0 amide bonds. The Labute approximate surface area is 150 Å². The number of hydrogen-bond donors (Lipinski definition) is 3. The highest BCUT2D eigenvalue weighted by atomic mass is 32.1. The van der Waals surface area contributed by atoms with E-state index in [9.17, 15) is 0 Å². The van der Waals surface area contributed by atoms with Crippen molar-refractivity contribution in [1.29, 1.82) is 0 Å². The van der Waals surface area contributed by atoms with E-state index in [1.165, 1.54) is 16.9 Å². The third kappa shape index (κ3) is 3.62. The van der Waals surface area contributed by atoms with Gasteiger partial charge in [0, 0.05) is 36.0 Å². The summed E-state index contributed by atoms with van der Waals surface area (Å²) in [5.41, 5.74) is 10.0. The lowest BCUT2D eigenvalue weighted by Gasteiger charge is -2.20. The van der Waals surface area contributed by atoms with Crippen molar-refractivity contribution in [3.8, 4) is 11.4 Å². The minimum Gasteiger partial charge on any atom is -0.375 e. The molecule has 0 fully saturated rings. The van der Waals surface area contributed by atoms with Crippen molar-refractivity contribution in [3.05, 3.63) is 52.7 Å². The van der Waals surface area contributed by atoms with E-state index in [1.807, 2.05) is 35.7 Å². The van der Waals surface area contributed by atoms with E-state index in [0.717, 1.165) is 61.1 Å². The van der Waals surface area contributed by atoms with Crippen LogP contribution >= 0.6 is 11.3 Å². The molecule has 1 aliphatic rings. The maximum Gasteiger partial charge on any atom is 0.180 e. The molecular weight excluding hydrogens is 332 g/mol. The summed E-state index contributed by atoms with van der Waals surface area (Å²) in [7, 11) is 0. The molecule has 1 aromatic carbocycles. The number of nitrogen functional groups attached to an aromatic ring is 1. The molecule has 3 heterocycles. The number of fused-ring (bicyclic) bond motifs is 1. The molecule has 128 valence electrons. The van der Waals surface area contributed by atoms with Gasteiger partial charge < -0.3 is 16.4 Å². The minimum absolute atomic E-state index is 0.617. The summed E-state index contributed by atoms with van der Waals surface area (Å²) in [6, 6.07) is 10.1. The predicted octanol–water partition coefficient (Wildman–Crippen LogP) is 2.48. The van der Waals surface area contributed by atoms with Gasteiger partial charge in [-0.1, -0.05) is 30.3 Å². The first-order valence-corrected chi connectivity index (χ1v) is 9.27. The van der Waals surface area contributed by atoms with Gasteiger partial charge in [0.1, 0.15) is 5.82 Å². The highest BCUT2D eigenvalue weighted by Gasteiger charge is 2.18. The highest BCUT2D eigenvalue weighted by Crippen LogP contribution is 2.25. The van der Waals surface area contributed by atoms with Crippen LogP contribution < -0.4 is 16.4 Å². The molecule has 0 aliphatic carbocycles. The van der Waals surface area contributed by atoms with Gasteiger partial charge in [0.15, 0.2) is 11.0 Å². The Morgan fingerprint density at radius 3 is 2.84 bits per heavy atom. The Hall–Kier alpha value is -2.51. The molecule has 4 N–H and O–H groups in total. The zero-order chi connectivity index (χ0) is 17.1. The smallest absolute Gasteiger partial charge is 0.180 e. The van der Waals surface area contributed by atoms with Crippen LogP contribution in [0, 0.1) is 0 Å². The van der Waals surface area contributed by atoms with Crippen molar-refractivity contribution in [3.63, 3.8) is 0 Å². The van der Waals surface area contributed by atoms with Crippen LogP contribution in [0.15, 0.2) is 35.7 Å². The molecule has 0 spiro atoms. The summed E-state index contributed by atoms with van der Waals surface area (Å²) in [5.74, 6) is 1.71. The molecule has 0 unspecified atom stereocenters. The SMILES string of the molecule is Nc1nc(CCNc2nc(-c3ccccc3)nc3c2CCNC3)cs1. The minimum atomic E-state index is 0.617. The topological polar surface area (TPSA) is 88.8 Å².